The Morgan fingerprint density at radius 3 is 2.20 bits per heavy atom. The average Bonchev–Trinajstić information content (AvgIpc) is 2.36. The summed E-state index contributed by atoms with van der Waals surface area (Å²) >= 11 is 0. The largest absolute Gasteiger partial charge is 0.481 e. The van der Waals surface area contributed by atoms with E-state index in [1.165, 1.54) is 0 Å². The predicted molar refractivity (Wildman–Crippen MR) is 65.6 cm³/mol. The molecular formula is C12H13NO7. The van der Waals surface area contributed by atoms with E-state index >= 15 is 0 Å². The van der Waals surface area contributed by atoms with Crippen LogP contribution in [0.3, 0.4) is 0 Å². The number of anilines is 1. The monoisotopic (exact) mass is 283 g/mol. The summed E-state index contributed by atoms with van der Waals surface area (Å²) in [5.74, 6) is -4.45. The fourth-order valence-corrected chi connectivity index (χ4v) is 1.36. The van der Waals surface area contributed by atoms with Gasteiger partial charge in [-0.3, -0.25) is 4.79 Å². The summed E-state index contributed by atoms with van der Waals surface area (Å²) in [5.41, 5.74) is -0.00628. The number of rotatable bonds is 7. The van der Waals surface area contributed by atoms with Crippen LogP contribution in [0.5, 0.6) is 0 Å². The third kappa shape index (κ3) is 4.58. The van der Waals surface area contributed by atoms with Crippen molar-refractivity contribution in [2.75, 3.05) is 5.48 Å². The highest BCUT2D eigenvalue weighted by Gasteiger charge is 2.41. The molecule has 0 aliphatic rings. The third-order valence-electron chi connectivity index (χ3n) is 2.34. The zero-order valence-electron chi connectivity index (χ0n) is 10.3. The van der Waals surface area contributed by atoms with E-state index in [1.807, 2.05) is 0 Å². The normalized spacial score (nSPS) is 13.1. The number of benzene rings is 1. The van der Waals surface area contributed by atoms with E-state index in [9.17, 15) is 19.5 Å². The van der Waals surface area contributed by atoms with E-state index in [0.29, 0.717) is 5.69 Å². The molecule has 8 nitrogen and oxygen atoms in total. The highest BCUT2D eigenvalue weighted by atomic mass is 16.7. The van der Waals surface area contributed by atoms with E-state index in [-0.39, 0.29) is 0 Å². The Kier molecular flexibility index (Phi) is 5.04. The minimum absolute atomic E-state index is 0.443. The summed E-state index contributed by atoms with van der Waals surface area (Å²) in [5, 5.41) is 26.9. The second-order valence-electron chi connectivity index (χ2n) is 4.03. The van der Waals surface area contributed by atoms with Crippen molar-refractivity contribution in [2.45, 2.75) is 18.4 Å². The molecule has 1 atom stereocenters. The first-order valence-electron chi connectivity index (χ1n) is 5.52. The quantitative estimate of drug-likeness (QED) is 0.523. The maximum atomic E-state index is 11.4. The lowest BCUT2D eigenvalue weighted by Gasteiger charge is -2.20. The second kappa shape index (κ2) is 6.53. The van der Waals surface area contributed by atoms with Gasteiger partial charge in [0.25, 0.3) is 0 Å². The molecule has 0 saturated carbocycles. The van der Waals surface area contributed by atoms with Crippen LogP contribution in [0.1, 0.15) is 12.8 Å². The maximum Gasteiger partial charge on any atom is 0.336 e. The van der Waals surface area contributed by atoms with Gasteiger partial charge in [0.15, 0.2) is 5.60 Å². The van der Waals surface area contributed by atoms with Crippen LogP contribution in [-0.2, 0) is 19.2 Å². The van der Waals surface area contributed by atoms with Crippen LogP contribution in [0.2, 0.25) is 0 Å². The van der Waals surface area contributed by atoms with Crippen LogP contribution in [0, 0.1) is 0 Å². The Hall–Kier alpha value is -2.61. The molecule has 0 fully saturated rings. The first-order chi connectivity index (χ1) is 9.33. The molecule has 1 aromatic carbocycles. The van der Waals surface area contributed by atoms with Gasteiger partial charge in [0.2, 0.25) is 0 Å². The van der Waals surface area contributed by atoms with Gasteiger partial charge in [0, 0.05) is 0 Å². The van der Waals surface area contributed by atoms with Gasteiger partial charge in [-0.25, -0.2) is 15.1 Å². The van der Waals surface area contributed by atoms with Crippen LogP contribution in [-0.4, -0.2) is 38.8 Å². The van der Waals surface area contributed by atoms with Gasteiger partial charge in [-0.1, -0.05) is 18.2 Å². The summed E-state index contributed by atoms with van der Waals surface area (Å²) in [6, 6.07) is 8.27. The highest BCUT2D eigenvalue weighted by molar-refractivity contribution is 5.88. The average molecular weight is 283 g/mol. The first-order valence-corrected chi connectivity index (χ1v) is 5.52. The smallest absolute Gasteiger partial charge is 0.336 e. The number of aliphatic carboxylic acids is 2. The van der Waals surface area contributed by atoms with Gasteiger partial charge in [-0.15, -0.1) is 0 Å². The molecule has 0 saturated heterocycles. The number of aliphatic hydroxyl groups is 1. The van der Waals surface area contributed by atoms with Crippen molar-refractivity contribution < 1.29 is 34.5 Å². The Morgan fingerprint density at radius 1 is 1.10 bits per heavy atom. The van der Waals surface area contributed by atoms with Crippen molar-refractivity contribution in [3.05, 3.63) is 30.3 Å². The minimum Gasteiger partial charge on any atom is -0.481 e. The summed E-state index contributed by atoms with van der Waals surface area (Å²) < 4.78 is 0. The maximum absolute atomic E-state index is 11.4. The van der Waals surface area contributed by atoms with Crippen molar-refractivity contribution in [1.82, 2.24) is 0 Å². The van der Waals surface area contributed by atoms with Gasteiger partial charge < -0.3 is 20.2 Å². The fourth-order valence-electron chi connectivity index (χ4n) is 1.36. The zero-order valence-corrected chi connectivity index (χ0v) is 10.3. The number of para-hydroxylation sites is 1. The van der Waals surface area contributed by atoms with Crippen LogP contribution in [0.4, 0.5) is 5.69 Å². The molecule has 0 aliphatic carbocycles. The van der Waals surface area contributed by atoms with Crippen LogP contribution in [0.25, 0.3) is 0 Å². The van der Waals surface area contributed by atoms with Crippen LogP contribution in [0.15, 0.2) is 30.3 Å². The second-order valence-corrected chi connectivity index (χ2v) is 4.03. The summed E-state index contributed by atoms with van der Waals surface area (Å²) in [6.45, 7) is 0. The van der Waals surface area contributed by atoms with Crippen molar-refractivity contribution >= 4 is 23.6 Å². The summed E-state index contributed by atoms with van der Waals surface area (Å²) in [6.07, 6.45) is -2.10. The lowest BCUT2D eigenvalue weighted by molar-refractivity contribution is -0.171. The van der Waals surface area contributed by atoms with Crippen LogP contribution < -0.4 is 5.48 Å². The molecule has 0 heterocycles. The Bertz CT molecular complexity index is 502. The molecule has 20 heavy (non-hydrogen) atoms. The van der Waals surface area contributed by atoms with E-state index < -0.39 is 36.4 Å². The molecule has 0 spiro atoms. The minimum atomic E-state index is -2.71. The number of carbonyl (C=O) groups excluding carboxylic acids is 1. The molecule has 0 radical (unpaired) electrons. The number of carboxylic acids is 2. The Morgan fingerprint density at radius 2 is 1.70 bits per heavy atom. The molecule has 1 unspecified atom stereocenters. The number of hydrogen-bond donors (Lipinski definition) is 4. The number of carboxylic acid groups (broad SMARTS) is 2. The Balaban J connectivity index is 2.59. The molecule has 0 bridgehead atoms. The van der Waals surface area contributed by atoms with Gasteiger partial charge in [0.1, 0.15) is 0 Å². The van der Waals surface area contributed by atoms with Gasteiger partial charge in [0.05, 0.1) is 18.5 Å². The molecule has 1 aromatic rings. The Labute approximate surface area is 113 Å². The van der Waals surface area contributed by atoms with Gasteiger partial charge in [-0.2, -0.15) is 0 Å². The SMILES string of the molecule is O=C(O)CC(O)(CC(=O)ONc1ccccc1)C(=O)O. The van der Waals surface area contributed by atoms with Crippen molar-refractivity contribution in [2.24, 2.45) is 0 Å². The summed E-state index contributed by atoms with van der Waals surface area (Å²) in [4.78, 5) is 37.3. The van der Waals surface area contributed by atoms with Gasteiger partial charge >= 0.3 is 17.9 Å². The molecule has 0 aliphatic heterocycles. The third-order valence-corrected chi connectivity index (χ3v) is 2.34. The molecule has 0 aromatic heterocycles. The van der Waals surface area contributed by atoms with E-state index in [2.05, 4.69) is 10.3 Å². The fraction of sp³-hybridized carbons (Fsp3) is 0.250. The van der Waals surface area contributed by atoms with E-state index in [0.717, 1.165) is 0 Å². The topological polar surface area (TPSA) is 133 Å². The highest BCUT2D eigenvalue weighted by Crippen LogP contribution is 2.17. The van der Waals surface area contributed by atoms with E-state index in [4.69, 9.17) is 10.2 Å². The molecule has 1 rings (SSSR count). The standard InChI is InChI=1S/C12H13NO7/c14-9(15)6-12(19,11(17)18)7-10(16)20-13-8-4-2-1-3-5-8/h1-5,13,19H,6-7H2,(H,14,15)(H,17,18). The predicted octanol–water partition coefficient (Wildman–Crippen LogP) is 0.237. The zero-order chi connectivity index (χ0) is 15.2. The lowest BCUT2D eigenvalue weighted by atomic mass is 9.96. The molecular weight excluding hydrogens is 270 g/mol. The molecule has 0 amide bonds. The van der Waals surface area contributed by atoms with Crippen LogP contribution >= 0.6 is 0 Å². The van der Waals surface area contributed by atoms with Crippen molar-refractivity contribution in [3.63, 3.8) is 0 Å². The number of hydrogen-bond acceptors (Lipinski definition) is 6. The molecule has 4 N–H and O–H groups in total. The number of carbonyl (C=O) groups is 3. The van der Waals surface area contributed by atoms with E-state index in [1.54, 1.807) is 30.3 Å². The first kappa shape index (κ1) is 15.4. The lowest BCUT2D eigenvalue weighted by Crippen LogP contribution is -2.43. The number of nitrogens with one attached hydrogen (secondary N) is 1. The molecule has 8 heteroatoms. The van der Waals surface area contributed by atoms with Crippen molar-refractivity contribution in [1.29, 1.82) is 0 Å². The van der Waals surface area contributed by atoms with Gasteiger partial charge in [-0.05, 0) is 12.1 Å². The summed E-state index contributed by atoms with van der Waals surface area (Å²) in [7, 11) is 0. The van der Waals surface area contributed by atoms with Crippen molar-refractivity contribution in [3.8, 4) is 0 Å². The molecule has 108 valence electrons.